The number of hydrogen-bond acceptors (Lipinski definition) is 2. The molecule has 0 heterocycles. The molecule has 0 aliphatic heterocycles. The van der Waals surface area contributed by atoms with E-state index in [0.29, 0.717) is 17.3 Å². The van der Waals surface area contributed by atoms with Crippen LogP contribution in [0.1, 0.15) is 5.56 Å². The topological polar surface area (TPSA) is 9.23 Å². The standard InChI is InChI=1S/C11H12F3OS/c1-3-15-10-5-4-9(6-8(10)2)16-7-11(12,13)14/h4-6H,1,3,7H2,2H3. The van der Waals surface area contributed by atoms with Gasteiger partial charge in [-0.25, -0.2) is 0 Å². The maximum Gasteiger partial charge on any atom is 0.398 e. The Morgan fingerprint density at radius 2 is 2.06 bits per heavy atom. The highest BCUT2D eigenvalue weighted by molar-refractivity contribution is 7.99. The Balaban J connectivity index is 2.66. The zero-order chi connectivity index (χ0) is 12.2. The molecule has 0 saturated carbocycles. The van der Waals surface area contributed by atoms with Crippen molar-refractivity contribution in [2.45, 2.75) is 18.0 Å². The average molecular weight is 249 g/mol. The summed E-state index contributed by atoms with van der Waals surface area (Å²) in [5, 5.41) is 0. The van der Waals surface area contributed by atoms with Crippen LogP contribution in [0.25, 0.3) is 0 Å². The second-order valence-electron chi connectivity index (χ2n) is 3.18. The van der Waals surface area contributed by atoms with Crippen LogP contribution >= 0.6 is 11.8 Å². The van der Waals surface area contributed by atoms with Gasteiger partial charge in [-0.2, -0.15) is 13.2 Å². The zero-order valence-electron chi connectivity index (χ0n) is 8.80. The minimum absolute atomic E-state index is 0.301. The minimum atomic E-state index is -4.14. The molecule has 0 aromatic heterocycles. The number of rotatable bonds is 4. The van der Waals surface area contributed by atoms with E-state index >= 15 is 0 Å². The summed E-state index contributed by atoms with van der Waals surface area (Å²) in [4.78, 5) is 0.589. The van der Waals surface area contributed by atoms with Gasteiger partial charge in [-0.3, -0.25) is 0 Å². The van der Waals surface area contributed by atoms with Gasteiger partial charge in [0.2, 0.25) is 0 Å². The van der Waals surface area contributed by atoms with Gasteiger partial charge >= 0.3 is 6.18 Å². The summed E-state index contributed by atoms with van der Waals surface area (Å²) >= 11 is 0.772. The van der Waals surface area contributed by atoms with E-state index in [9.17, 15) is 13.2 Å². The van der Waals surface area contributed by atoms with Gasteiger partial charge in [-0.1, -0.05) is 0 Å². The largest absolute Gasteiger partial charge is 0.493 e. The normalized spacial score (nSPS) is 11.6. The van der Waals surface area contributed by atoms with Crippen molar-refractivity contribution in [3.05, 3.63) is 30.7 Å². The highest BCUT2D eigenvalue weighted by Crippen LogP contribution is 2.30. The smallest absolute Gasteiger partial charge is 0.398 e. The second kappa shape index (κ2) is 5.48. The molecule has 1 aromatic rings. The Kier molecular flexibility index (Phi) is 4.53. The van der Waals surface area contributed by atoms with E-state index in [2.05, 4.69) is 6.92 Å². The molecule has 1 aromatic carbocycles. The summed E-state index contributed by atoms with van der Waals surface area (Å²) in [5.74, 6) is -0.214. The number of benzene rings is 1. The van der Waals surface area contributed by atoms with Gasteiger partial charge < -0.3 is 4.74 Å². The maximum absolute atomic E-state index is 12.0. The Labute approximate surface area is 97.0 Å². The monoisotopic (exact) mass is 249 g/mol. The molecule has 0 saturated heterocycles. The predicted octanol–water partition coefficient (Wildman–Crippen LogP) is 3.86. The van der Waals surface area contributed by atoms with Gasteiger partial charge in [-0.15, -0.1) is 11.8 Å². The molecule has 0 bridgehead atoms. The lowest BCUT2D eigenvalue weighted by Crippen LogP contribution is -2.10. The molecule has 0 N–H and O–H groups in total. The number of aryl methyl sites for hydroxylation is 1. The van der Waals surface area contributed by atoms with Crippen LogP contribution in [0.3, 0.4) is 0 Å². The Morgan fingerprint density at radius 3 is 2.56 bits per heavy atom. The molecule has 1 rings (SSSR count). The van der Waals surface area contributed by atoms with E-state index in [1.807, 2.05) is 0 Å². The summed E-state index contributed by atoms with van der Waals surface area (Å²) in [7, 11) is 0. The molecule has 5 heteroatoms. The maximum atomic E-state index is 12.0. The van der Waals surface area contributed by atoms with Crippen molar-refractivity contribution in [3.8, 4) is 5.75 Å². The molecular weight excluding hydrogens is 237 g/mol. The third kappa shape index (κ3) is 4.35. The minimum Gasteiger partial charge on any atom is -0.493 e. The number of halogens is 3. The lowest BCUT2D eigenvalue weighted by molar-refractivity contribution is -0.105. The third-order valence-electron chi connectivity index (χ3n) is 1.81. The van der Waals surface area contributed by atoms with Gasteiger partial charge in [0.1, 0.15) is 5.75 Å². The van der Waals surface area contributed by atoms with E-state index < -0.39 is 11.9 Å². The first-order valence-corrected chi connectivity index (χ1v) is 5.63. The Morgan fingerprint density at radius 1 is 1.38 bits per heavy atom. The van der Waals surface area contributed by atoms with Crippen LogP contribution in [0.5, 0.6) is 5.75 Å². The Bertz CT molecular complexity index is 350. The van der Waals surface area contributed by atoms with E-state index in [1.54, 1.807) is 25.1 Å². The van der Waals surface area contributed by atoms with Crippen LogP contribution in [0, 0.1) is 13.8 Å². The summed E-state index contributed by atoms with van der Waals surface area (Å²) in [6.07, 6.45) is -4.14. The van der Waals surface area contributed by atoms with Crippen molar-refractivity contribution >= 4 is 11.8 Å². The number of alkyl halides is 3. The van der Waals surface area contributed by atoms with E-state index in [0.717, 1.165) is 17.3 Å². The molecule has 16 heavy (non-hydrogen) atoms. The molecule has 0 spiro atoms. The molecule has 1 radical (unpaired) electrons. The fraction of sp³-hybridized carbons (Fsp3) is 0.364. The van der Waals surface area contributed by atoms with Crippen molar-refractivity contribution in [2.75, 3.05) is 12.4 Å². The van der Waals surface area contributed by atoms with Crippen LogP contribution in [-0.4, -0.2) is 18.5 Å². The molecule has 0 aliphatic carbocycles. The molecular formula is C11H12F3OS. The van der Waals surface area contributed by atoms with Crippen molar-refractivity contribution in [1.29, 1.82) is 0 Å². The zero-order valence-corrected chi connectivity index (χ0v) is 9.62. The van der Waals surface area contributed by atoms with Gasteiger partial charge in [0.05, 0.1) is 12.4 Å². The summed E-state index contributed by atoms with van der Waals surface area (Å²) in [6, 6.07) is 4.97. The van der Waals surface area contributed by atoms with E-state index in [1.165, 1.54) is 0 Å². The molecule has 0 amide bonds. The molecule has 1 nitrogen and oxygen atoms in total. The number of ether oxygens (including phenoxy) is 1. The predicted molar refractivity (Wildman–Crippen MR) is 58.8 cm³/mol. The summed E-state index contributed by atoms with van der Waals surface area (Å²) in [5.41, 5.74) is 0.816. The third-order valence-corrected chi connectivity index (χ3v) is 2.87. The lowest BCUT2D eigenvalue weighted by Gasteiger charge is -2.09. The number of hydrogen-bond donors (Lipinski definition) is 0. The first-order chi connectivity index (χ1) is 7.42. The van der Waals surface area contributed by atoms with Gasteiger partial charge in [0.25, 0.3) is 0 Å². The SMILES string of the molecule is [CH2]COc1ccc(SCC(F)(F)F)cc1C. The van der Waals surface area contributed by atoms with Crippen LogP contribution in [0.4, 0.5) is 13.2 Å². The first kappa shape index (κ1) is 13.2. The van der Waals surface area contributed by atoms with Crippen LogP contribution in [-0.2, 0) is 0 Å². The van der Waals surface area contributed by atoms with E-state index in [-0.39, 0.29) is 0 Å². The van der Waals surface area contributed by atoms with E-state index in [4.69, 9.17) is 4.74 Å². The van der Waals surface area contributed by atoms with Crippen LogP contribution < -0.4 is 4.74 Å². The molecule has 0 fully saturated rings. The van der Waals surface area contributed by atoms with Gasteiger partial charge in [0, 0.05) is 4.90 Å². The highest BCUT2D eigenvalue weighted by Gasteiger charge is 2.27. The highest BCUT2D eigenvalue weighted by atomic mass is 32.2. The fourth-order valence-electron chi connectivity index (χ4n) is 1.15. The molecule has 0 unspecified atom stereocenters. The van der Waals surface area contributed by atoms with Crippen LogP contribution in [0.2, 0.25) is 0 Å². The molecule has 0 atom stereocenters. The molecule has 89 valence electrons. The van der Waals surface area contributed by atoms with Crippen molar-refractivity contribution in [2.24, 2.45) is 0 Å². The summed E-state index contributed by atoms with van der Waals surface area (Å²) < 4.78 is 41.2. The van der Waals surface area contributed by atoms with Crippen molar-refractivity contribution in [3.63, 3.8) is 0 Å². The average Bonchev–Trinajstić information content (AvgIpc) is 2.18. The quantitative estimate of drug-likeness (QED) is 0.749. The molecule has 0 aliphatic rings. The Hall–Kier alpha value is -0.840. The number of thioether (sulfide) groups is 1. The van der Waals surface area contributed by atoms with Crippen LogP contribution in [0.15, 0.2) is 23.1 Å². The lowest BCUT2D eigenvalue weighted by atomic mass is 10.2. The fourth-order valence-corrected chi connectivity index (χ4v) is 1.90. The van der Waals surface area contributed by atoms with Crippen molar-refractivity contribution in [1.82, 2.24) is 0 Å². The first-order valence-electron chi connectivity index (χ1n) is 4.64. The van der Waals surface area contributed by atoms with Gasteiger partial charge in [-0.05, 0) is 37.6 Å². The summed E-state index contributed by atoms with van der Waals surface area (Å²) in [6.45, 7) is 5.63. The van der Waals surface area contributed by atoms with Gasteiger partial charge in [0.15, 0.2) is 0 Å². The second-order valence-corrected chi connectivity index (χ2v) is 4.23. The van der Waals surface area contributed by atoms with Crippen molar-refractivity contribution < 1.29 is 17.9 Å².